The van der Waals surface area contributed by atoms with Gasteiger partial charge in [0, 0.05) is 13.2 Å². The molecule has 3 N–H and O–H groups in total. The summed E-state index contributed by atoms with van der Waals surface area (Å²) in [5.74, 6) is -0.466. The van der Waals surface area contributed by atoms with Crippen LogP contribution in [0.2, 0.25) is 0 Å². The van der Waals surface area contributed by atoms with Crippen LogP contribution in [0.25, 0.3) is 0 Å². The fourth-order valence-electron chi connectivity index (χ4n) is 2.26. The van der Waals surface area contributed by atoms with Crippen LogP contribution in [-0.2, 0) is 9.53 Å². The summed E-state index contributed by atoms with van der Waals surface area (Å²) in [7, 11) is 0. The van der Waals surface area contributed by atoms with Crippen molar-refractivity contribution in [3.8, 4) is 0 Å². The second-order valence-corrected chi connectivity index (χ2v) is 5.47. The average molecular weight is 317 g/mol. The quantitative estimate of drug-likeness (QED) is 0.899. The molecule has 0 aliphatic carbocycles. The normalized spacial score (nSPS) is 18.5. The van der Waals surface area contributed by atoms with Gasteiger partial charge in [-0.15, -0.1) is 12.4 Å². The summed E-state index contributed by atoms with van der Waals surface area (Å²) in [5.41, 5.74) is 6.56. The Kier molecular flexibility index (Phi) is 6.13. The van der Waals surface area contributed by atoms with Gasteiger partial charge in [0.15, 0.2) is 0 Å². The number of hydrogen-bond acceptors (Lipinski definition) is 3. The molecule has 21 heavy (non-hydrogen) atoms. The van der Waals surface area contributed by atoms with Gasteiger partial charge in [-0.2, -0.15) is 0 Å². The van der Waals surface area contributed by atoms with Gasteiger partial charge in [0.2, 0.25) is 5.91 Å². The van der Waals surface area contributed by atoms with Gasteiger partial charge in [0.05, 0.1) is 11.6 Å². The number of carbonyl (C=O) groups is 1. The number of halogens is 2. The Balaban J connectivity index is 0.00000220. The zero-order valence-corrected chi connectivity index (χ0v) is 13.1. The van der Waals surface area contributed by atoms with Crippen molar-refractivity contribution in [2.24, 2.45) is 5.73 Å². The summed E-state index contributed by atoms with van der Waals surface area (Å²) in [4.78, 5) is 12.3. The first-order valence-electron chi connectivity index (χ1n) is 6.86. The molecule has 0 bridgehead atoms. The van der Waals surface area contributed by atoms with Crippen molar-refractivity contribution in [1.82, 2.24) is 5.32 Å². The van der Waals surface area contributed by atoms with Crippen LogP contribution in [0.15, 0.2) is 18.2 Å². The summed E-state index contributed by atoms with van der Waals surface area (Å²) < 4.78 is 18.8. The molecule has 1 aromatic carbocycles. The van der Waals surface area contributed by atoms with Crippen molar-refractivity contribution >= 4 is 18.3 Å². The fourth-order valence-corrected chi connectivity index (χ4v) is 2.26. The Bertz CT molecular complexity index is 504. The monoisotopic (exact) mass is 316 g/mol. The van der Waals surface area contributed by atoms with E-state index in [0.717, 1.165) is 5.56 Å². The number of nitrogens with one attached hydrogen (secondary N) is 1. The topological polar surface area (TPSA) is 64.4 Å². The van der Waals surface area contributed by atoms with Crippen LogP contribution in [0.5, 0.6) is 0 Å². The molecule has 2 rings (SSSR count). The van der Waals surface area contributed by atoms with Crippen LogP contribution in [-0.4, -0.2) is 24.7 Å². The van der Waals surface area contributed by atoms with Gasteiger partial charge in [-0.25, -0.2) is 4.39 Å². The molecule has 1 heterocycles. The molecule has 1 fully saturated rings. The first kappa shape index (κ1) is 17.9. The molecule has 0 radical (unpaired) electrons. The van der Waals surface area contributed by atoms with Crippen molar-refractivity contribution in [1.29, 1.82) is 0 Å². The molecule has 1 amide bonds. The van der Waals surface area contributed by atoms with Gasteiger partial charge < -0.3 is 15.8 Å². The minimum atomic E-state index is -0.879. The smallest absolute Gasteiger partial charge is 0.240 e. The lowest BCUT2D eigenvalue weighted by atomic mass is 9.90. The standard InChI is InChI=1S/C15H21FN2O2.ClH/c1-10-3-4-12(9-13(10)16)11(2)18-14(19)15(17)5-7-20-8-6-15;/h3-4,9,11H,5-8,17H2,1-2H3,(H,18,19);1H. The SMILES string of the molecule is Cc1ccc(C(C)NC(=O)C2(N)CCOCC2)cc1F.Cl. The second-order valence-electron chi connectivity index (χ2n) is 5.47. The van der Waals surface area contributed by atoms with E-state index in [2.05, 4.69) is 5.32 Å². The van der Waals surface area contributed by atoms with E-state index >= 15 is 0 Å². The molecule has 118 valence electrons. The van der Waals surface area contributed by atoms with Gasteiger partial charge in [0.1, 0.15) is 5.82 Å². The highest BCUT2D eigenvalue weighted by Gasteiger charge is 2.36. The minimum absolute atomic E-state index is 0. The zero-order chi connectivity index (χ0) is 14.8. The third-order valence-corrected chi connectivity index (χ3v) is 3.88. The molecule has 6 heteroatoms. The zero-order valence-electron chi connectivity index (χ0n) is 12.3. The molecule has 0 spiro atoms. The third-order valence-electron chi connectivity index (χ3n) is 3.88. The molecule has 1 aliphatic rings. The molecule has 1 unspecified atom stereocenters. The Labute approximate surface area is 130 Å². The van der Waals surface area contributed by atoms with Crippen LogP contribution in [0, 0.1) is 12.7 Å². The first-order valence-corrected chi connectivity index (χ1v) is 6.86. The number of rotatable bonds is 3. The molecule has 1 atom stereocenters. The minimum Gasteiger partial charge on any atom is -0.381 e. The van der Waals surface area contributed by atoms with Gasteiger partial charge in [-0.3, -0.25) is 4.79 Å². The number of amides is 1. The van der Waals surface area contributed by atoms with Crippen LogP contribution >= 0.6 is 12.4 Å². The van der Waals surface area contributed by atoms with E-state index in [4.69, 9.17) is 10.5 Å². The summed E-state index contributed by atoms with van der Waals surface area (Å²) in [5, 5.41) is 2.87. The van der Waals surface area contributed by atoms with E-state index < -0.39 is 5.54 Å². The summed E-state index contributed by atoms with van der Waals surface area (Å²) in [6.07, 6.45) is 1.02. The van der Waals surface area contributed by atoms with E-state index in [1.54, 1.807) is 13.0 Å². The van der Waals surface area contributed by atoms with Crippen LogP contribution in [0.1, 0.15) is 36.9 Å². The Morgan fingerprint density at radius 2 is 2.05 bits per heavy atom. The third kappa shape index (κ3) is 4.15. The van der Waals surface area contributed by atoms with Gasteiger partial charge >= 0.3 is 0 Å². The van der Waals surface area contributed by atoms with Gasteiger partial charge in [0.25, 0.3) is 0 Å². The lowest BCUT2D eigenvalue weighted by molar-refractivity contribution is -0.130. The number of nitrogens with two attached hydrogens (primary N) is 1. The van der Waals surface area contributed by atoms with Crippen molar-refractivity contribution in [3.63, 3.8) is 0 Å². The average Bonchev–Trinajstić information content (AvgIpc) is 2.42. The van der Waals surface area contributed by atoms with Crippen molar-refractivity contribution < 1.29 is 13.9 Å². The fraction of sp³-hybridized carbons (Fsp3) is 0.533. The van der Waals surface area contributed by atoms with Crippen molar-refractivity contribution in [3.05, 3.63) is 35.1 Å². The maximum absolute atomic E-state index is 13.6. The highest BCUT2D eigenvalue weighted by atomic mass is 35.5. The van der Waals surface area contributed by atoms with Gasteiger partial charge in [-0.05, 0) is 43.9 Å². The molecule has 1 aliphatic heterocycles. The summed E-state index contributed by atoms with van der Waals surface area (Å²) >= 11 is 0. The lowest BCUT2D eigenvalue weighted by Crippen LogP contribution is -2.57. The maximum atomic E-state index is 13.6. The first-order chi connectivity index (χ1) is 9.42. The molecule has 1 saturated heterocycles. The highest BCUT2D eigenvalue weighted by molar-refractivity contribution is 5.86. The van der Waals surface area contributed by atoms with Crippen LogP contribution < -0.4 is 11.1 Å². The molecule has 1 aromatic rings. The summed E-state index contributed by atoms with van der Waals surface area (Å²) in [6, 6.07) is 4.70. The van der Waals surface area contributed by atoms with Gasteiger partial charge in [-0.1, -0.05) is 12.1 Å². The predicted molar refractivity (Wildman–Crippen MR) is 81.9 cm³/mol. The van der Waals surface area contributed by atoms with E-state index in [9.17, 15) is 9.18 Å². The molecular weight excluding hydrogens is 295 g/mol. The number of benzene rings is 1. The molecule has 0 aromatic heterocycles. The second kappa shape index (κ2) is 7.20. The molecule has 0 saturated carbocycles. The maximum Gasteiger partial charge on any atom is 0.240 e. The molecular formula is C15H22ClFN2O2. The molecule has 4 nitrogen and oxygen atoms in total. The summed E-state index contributed by atoms with van der Waals surface area (Å²) in [6.45, 7) is 4.53. The largest absolute Gasteiger partial charge is 0.381 e. The number of ether oxygens (including phenoxy) is 1. The van der Waals surface area contributed by atoms with E-state index in [1.807, 2.05) is 13.0 Å². The van der Waals surface area contributed by atoms with Crippen molar-refractivity contribution in [2.45, 2.75) is 38.3 Å². The van der Waals surface area contributed by atoms with Crippen LogP contribution in [0.4, 0.5) is 4.39 Å². The van der Waals surface area contributed by atoms with Crippen molar-refractivity contribution in [2.75, 3.05) is 13.2 Å². The van der Waals surface area contributed by atoms with E-state index in [0.29, 0.717) is 31.6 Å². The Morgan fingerprint density at radius 3 is 2.62 bits per heavy atom. The predicted octanol–water partition coefficient (Wildman–Crippen LogP) is 2.24. The van der Waals surface area contributed by atoms with Crippen LogP contribution in [0.3, 0.4) is 0 Å². The number of aryl methyl sites for hydroxylation is 1. The number of carbonyl (C=O) groups excluding carboxylic acids is 1. The van der Waals surface area contributed by atoms with E-state index in [1.165, 1.54) is 6.07 Å². The van der Waals surface area contributed by atoms with E-state index in [-0.39, 0.29) is 30.2 Å². The number of hydrogen-bond donors (Lipinski definition) is 2. The Hall–Kier alpha value is -1.17. The highest BCUT2D eigenvalue weighted by Crippen LogP contribution is 2.21. The lowest BCUT2D eigenvalue weighted by Gasteiger charge is -2.33. The Morgan fingerprint density at radius 1 is 1.43 bits per heavy atom.